The van der Waals surface area contributed by atoms with E-state index in [1.807, 2.05) is 0 Å². The predicted octanol–water partition coefficient (Wildman–Crippen LogP) is 7.38. The van der Waals surface area contributed by atoms with Crippen molar-refractivity contribution in [3.05, 3.63) is 71.3 Å². The van der Waals surface area contributed by atoms with E-state index in [0.29, 0.717) is 5.92 Å². The van der Waals surface area contributed by atoms with Gasteiger partial charge in [0.1, 0.15) is 0 Å². The van der Waals surface area contributed by atoms with Crippen LogP contribution in [-0.2, 0) is 0 Å². The van der Waals surface area contributed by atoms with Crippen molar-refractivity contribution >= 4 is 37.4 Å². The molecule has 0 amide bonds. The average Bonchev–Trinajstić information content (AvgIpc) is 3.23. The third kappa shape index (κ3) is 2.99. The number of benzene rings is 2. The van der Waals surface area contributed by atoms with Crippen LogP contribution in [0.4, 0.5) is 0 Å². The fraction of sp³-hybridized carbons (Fsp3) is 0.238. The molecule has 0 spiro atoms. The quantitative estimate of drug-likeness (QED) is 0.357. The largest absolute Gasteiger partial charge is 0.132 e. The van der Waals surface area contributed by atoms with Crippen molar-refractivity contribution < 1.29 is 0 Å². The van der Waals surface area contributed by atoms with Crippen LogP contribution in [0.2, 0.25) is 0 Å². The molecule has 2 atom stereocenters. The zero-order valence-corrected chi connectivity index (χ0v) is 15.5. The molecule has 0 aliphatic carbocycles. The first-order valence-electron chi connectivity index (χ1n) is 8.49. The van der Waals surface area contributed by atoms with E-state index in [1.54, 1.807) is 0 Å². The normalized spacial score (nSPS) is 13.6. The standard InChI is InChI=1S/C21H22P2/c1-2-3-4-19(15-5-7-20-17(13-15)9-11-22-20)16-6-8-21-18(14-16)10-12-23-21/h5-14,19,22-23H,2-4H2,1H3. The van der Waals surface area contributed by atoms with Gasteiger partial charge in [-0.2, -0.15) is 0 Å². The molecule has 0 aliphatic rings. The van der Waals surface area contributed by atoms with E-state index in [1.165, 1.54) is 51.4 Å². The average molecular weight is 336 g/mol. The van der Waals surface area contributed by atoms with Crippen LogP contribution in [0.1, 0.15) is 43.2 Å². The molecule has 0 aliphatic heterocycles. The Morgan fingerprint density at radius 3 is 1.87 bits per heavy atom. The van der Waals surface area contributed by atoms with Crippen LogP contribution < -0.4 is 0 Å². The molecule has 2 unspecified atom stereocenters. The lowest BCUT2D eigenvalue weighted by atomic mass is 9.86. The molecule has 2 aromatic heterocycles. The molecule has 0 radical (unpaired) electrons. The monoisotopic (exact) mass is 336 g/mol. The summed E-state index contributed by atoms with van der Waals surface area (Å²) >= 11 is 0. The third-order valence-corrected chi connectivity index (χ3v) is 7.01. The maximum Gasteiger partial charge on any atom is 0.00897 e. The minimum atomic E-state index is 0.528. The van der Waals surface area contributed by atoms with Crippen molar-refractivity contribution in [1.29, 1.82) is 0 Å². The molecule has 4 aromatic rings. The Balaban J connectivity index is 1.78. The van der Waals surface area contributed by atoms with Gasteiger partial charge in [-0.05, 0) is 50.2 Å². The highest BCUT2D eigenvalue weighted by Crippen LogP contribution is 2.36. The van der Waals surface area contributed by atoms with Crippen molar-refractivity contribution in [3.8, 4) is 0 Å². The molecule has 2 aromatic carbocycles. The molecule has 0 nitrogen and oxygen atoms in total. The zero-order chi connectivity index (χ0) is 15.6. The Kier molecular flexibility index (Phi) is 4.30. The molecule has 0 bridgehead atoms. The summed E-state index contributed by atoms with van der Waals surface area (Å²) in [5, 5.41) is 5.87. The number of hydrogen-bond acceptors (Lipinski definition) is 0. The first-order valence-corrected chi connectivity index (χ1v) is 10.6. The first-order chi connectivity index (χ1) is 11.3. The van der Waals surface area contributed by atoms with Crippen LogP contribution in [-0.4, -0.2) is 0 Å². The molecule has 0 saturated heterocycles. The van der Waals surface area contributed by atoms with E-state index in [0.717, 1.165) is 16.4 Å². The summed E-state index contributed by atoms with van der Waals surface area (Å²) in [4.78, 5) is 0. The Morgan fingerprint density at radius 1 is 0.783 bits per heavy atom. The fourth-order valence-electron chi connectivity index (χ4n) is 3.51. The van der Waals surface area contributed by atoms with Crippen LogP contribution in [0.25, 0.3) is 21.0 Å². The van der Waals surface area contributed by atoms with Gasteiger partial charge in [0, 0.05) is 5.92 Å². The smallest absolute Gasteiger partial charge is 0.00897 e. The molecule has 0 N–H and O–H groups in total. The minimum Gasteiger partial charge on any atom is -0.132 e. The number of hydrogen-bond donors (Lipinski definition) is 0. The Morgan fingerprint density at radius 2 is 1.35 bits per heavy atom. The predicted molar refractivity (Wildman–Crippen MR) is 108 cm³/mol. The second-order valence-corrected chi connectivity index (χ2v) is 8.66. The molecule has 2 heterocycles. The van der Waals surface area contributed by atoms with Gasteiger partial charge in [0.25, 0.3) is 0 Å². The van der Waals surface area contributed by atoms with Crippen LogP contribution in [0.3, 0.4) is 0 Å². The van der Waals surface area contributed by atoms with E-state index in [-0.39, 0.29) is 0 Å². The highest BCUT2D eigenvalue weighted by atomic mass is 31.0. The van der Waals surface area contributed by atoms with Crippen LogP contribution in [0.5, 0.6) is 0 Å². The molecule has 0 saturated carbocycles. The molecule has 116 valence electrons. The first kappa shape index (κ1) is 15.1. The Labute approximate surface area is 141 Å². The summed E-state index contributed by atoms with van der Waals surface area (Å²) in [5.74, 6) is 5.13. The highest BCUT2D eigenvalue weighted by molar-refractivity contribution is 7.36. The lowest BCUT2D eigenvalue weighted by Gasteiger charge is -2.18. The van der Waals surface area contributed by atoms with E-state index in [9.17, 15) is 0 Å². The summed E-state index contributed by atoms with van der Waals surface area (Å²) in [6, 6.07) is 18.9. The van der Waals surface area contributed by atoms with Gasteiger partial charge in [0.05, 0.1) is 0 Å². The number of rotatable bonds is 5. The SMILES string of the molecule is CCCCC(c1ccc2[pH]ccc2c1)c1ccc2[pH]ccc2c1. The summed E-state index contributed by atoms with van der Waals surface area (Å²) in [6.45, 7) is 2.29. The van der Waals surface area contributed by atoms with Gasteiger partial charge in [-0.1, -0.05) is 68.3 Å². The second kappa shape index (κ2) is 6.56. The van der Waals surface area contributed by atoms with E-state index in [2.05, 4.69) is 67.1 Å². The highest BCUT2D eigenvalue weighted by Gasteiger charge is 2.15. The Bertz CT molecular complexity index is 855. The lowest BCUT2D eigenvalue weighted by molar-refractivity contribution is 0.651. The van der Waals surface area contributed by atoms with Gasteiger partial charge in [0.2, 0.25) is 0 Å². The molecule has 2 heteroatoms. The van der Waals surface area contributed by atoms with Gasteiger partial charge < -0.3 is 0 Å². The summed E-state index contributed by atoms with van der Waals surface area (Å²) in [6.07, 6.45) is 3.79. The van der Waals surface area contributed by atoms with Crippen molar-refractivity contribution in [2.24, 2.45) is 0 Å². The number of unbranched alkanes of at least 4 members (excludes halogenated alkanes) is 1. The van der Waals surface area contributed by atoms with Crippen LogP contribution in [0, 0.1) is 0 Å². The van der Waals surface area contributed by atoms with Crippen LogP contribution in [0.15, 0.2) is 60.1 Å². The molecular formula is C21H22P2. The summed E-state index contributed by atoms with van der Waals surface area (Å²) in [5.41, 5.74) is 2.97. The van der Waals surface area contributed by atoms with Gasteiger partial charge in [-0.25, -0.2) is 0 Å². The number of fused-ring (bicyclic) bond motifs is 2. The van der Waals surface area contributed by atoms with E-state index < -0.39 is 0 Å². The summed E-state index contributed by atoms with van der Waals surface area (Å²) < 4.78 is 0. The van der Waals surface area contributed by atoms with Crippen molar-refractivity contribution in [2.45, 2.75) is 32.1 Å². The third-order valence-electron chi connectivity index (χ3n) is 4.81. The van der Waals surface area contributed by atoms with E-state index in [4.69, 9.17) is 0 Å². The van der Waals surface area contributed by atoms with Crippen molar-refractivity contribution in [1.82, 2.24) is 0 Å². The maximum atomic E-state index is 2.43. The van der Waals surface area contributed by atoms with E-state index >= 15 is 0 Å². The van der Waals surface area contributed by atoms with Gasteiger partial charge in [-0.3, -0.25) is 0 Å². The topological polar surface area (TPSA) is 0 Å². The zero-order valence-electron chi connectivity index (χ0n) is 13.5. The van der Waals surface area contributed by atoms with Gasteiger partial charge in [-0.15, -0.1) is 16.4 Å². The van der Waals surface area contributed by atoms with Crippen molar-refractivity contribution in [2.75, 3.05) is 0 Å². The Hall–Kier alpha value is -1.48. The van der Waals surface area contributed by atoms with Crippen LogP contribution >= 0.6 is 16.4 Å². The molecule has 23 heavy (non-hydrogen) atoms. The fourth-order valence-corrected chi connectivity index (χ4v) is 5.40. The second-order valence-electron chi connectivity index (χ2n) is 6.34. The summed E-state index contributed by atoms with van der Waals surface area (Å²) in [7, 11) is 1.71. The van der Waals surface area contributed by atoms with Gasteiger partial charge >= 0.3 is 0 Å². The minimum absolute atomic E-state index is 0.528. The molecule has 4 rings (SSSR count). The molecular weight excluding hydrogens is 314 g/mol. The maximum absolute atomic E-state index is 2.43. The molecule has 0 fully saturated rings. The van der Waals surface area contributed by atoms with Crippen molar-refractivity contribution in [3.63, 3.8) is 0 Å². The lowest BCUT2D eigenvalue weighted by Crippen LogP contribution is -2.01. The van der Waals surface area contributed by atoms with Gasteiger partial charge in [0.15, 0.2) is 0 Å².